The lowest BCUT2D eigenvalue weighted by atomic mass is 10.1. The third-order valence-corrected chi connectivity index (χ3v) is 3.34. The van der Waals surface area contributed by atoms with Crippen molar-refractivity contribution in [1.82, 2.24) is 9.97 Å². The van der Waals surface area contributed by atoms with Crippen LogP contribution in [0.2, 0.25) is 0 Å². The first-order chi connectivity index (χ1) is 10.3. The van der Waals surface area contributed by atoms with Crippen LogP contribution in [0.5, 0.6) is 0 Å². The average Bonchev–Trinajstić information content (AvgIpc) is 2.53. The van der Waals surface area contributed by atoms with E-state index in [0.29, 0.717) is 5.82 Å². The van der Waals surface area contributed by atoms with Gasteiger partial charge in [0.1, 0.15) is 0 Å². The number of hydrogen-bond donors (Lipinski definition) is 0. The van der Waals surface area contributed by atoms with Crippen LogP contribution < -0.4 is 0 Å². The number of benzene rings is 1. The molecular formula is C19H22N2. The van der Waals surface area contributed by atoms with Crippen LogP contribution in [-0.2, 0) is 12.8 Å². The summed E-state index contributed by atoms with van der Waals surface area (Å²) >= 11 is 0. The number of unbranched alkanes of at least 4 members (excludes halogenated alkanes) is 1. The van der Waals surface area contributed by atoms with Gasteiger partial charge < -0.3 is 0 Å². The molecule has 0 fully saturated rings. The number of nitrogens with zero attached hydrogens (tertiary/aromatic N) is 2. The molecule has 108 valence electrons. The van der Waals surface area contributed by atoms with Crippen LogP contribution >= 0.6 is 0 Å². The molecular weight excluding hydrogens is 256 g/mol. The SMILES string of the molecule is CCCCc1cnc(C#Cc2ccc(CCC)cc2)nc1. The molecule has 2 aromatic rings. The maximum absolute atomic E-state index is 4.31. The van der Waals surface area contributed by atoms with Gasteiger partial charge in [0, 0.05) is 18.0 Å². The van der Waals surface area contributed by atoms with Gasteiger partial charge in [0.2, 0.25) is 5.82 Å². The lowest BCUT2D eigenvalue weighted by molar-refractivity contribution is 0.787. The zero-order valence-electron chi connectivity index (χ0n) is 12.9. The Kier molecular flexibility index (Phi) is 5.97. The van der Waals surface area contributed by atoms with E-state index in [1.807, 2.05) is 12.4 Å². The maximum Gasteiger partial charge on any atom is 0.205 e. The molecule has 1 aromatic carbocycles. The predicted octanol–water partition coefficient (Wildman–Crippen LogP) is 4.17. The van der Waals surface area contributed by atoms with E-state index in [9.17, 15) is 0 Å². The fourth-order valence-corrected chi connectivity index (χ4v) is 2.10. The van der Waals surface area contributed by atoms with E-state index in [-0.39, 0.29) is 0 Å². The van der Waals surface area contributed by atoms with Gasteiger partial charge in [0.25, 0.3) is 0 Å². The molecule has 0 N–H and O–H groups in total. The van der Waals surface area contributed by atoms with Crippen molar-refractivity contribution in [3.05, 3.63) is 59.2 Å². The molecule has 2 heteroatoms. The van der Waals surface area contributed by atoms with Crippen molar-refractivity contribution in [2.45, 2.75) is 46.0 Å². The fourth-order valence-electron chi connectivity index (χ4n) is 2.10. The highest BCUT2D eigenvalue weighted by molar-refractivity contribution is 5.39. The minimum absolute atomic E-state index is 0.591. The van der Waals surface area contributed by atoms with E-state index >= 15 is 0 Å². The summed E-state index contributed by atoms with van der Waals surface area (Å²) < 4.78 is 0. The minimum atomic E-state index is 0.591. The zero-order valence-corrected chi connectivity index (χ0v) is 12.9. The highest BCUT2D eigenvalue weighted by Crippen LogP contribution is 2.06. The number of aromatic nitrogens is 2. The van der Waals surface area contributed by atoms with Gasteiger partial charge in [-0.05, 0) is 48.4 Å². The molecule has 1 aromatic heterocycles. The van der Waals surface area contributed by atoms with Gasteiger partial charge in [-0.25, -0.2) is 9.97 Å². The number of rotatable bonds is 5. The highest BCUT2D eigenvalue weighted by Gasteiger charge is 1.95. The molecule has 0 spiro atoms. The predicted molar refractivity (Wildman–Crippen MR) is 87.1 cm³/mol. The zero-order chi connectivity index (χ0) is 14.9. The van der Waals surface area contributed by atoms with Gasteiger partial charge >= 0.3 is 0 Å². The standard InChI is InChI=1S/C19H22N2/c1-3-5-7-18-14-20-19(21-15-18)13-12-17-10-8-16(6-4-2)9-11-17/h8-11,14-15H,3-7H2,1-2H3. The first kappa shape index (κ1) is 15.3. The van der Waals surface area contributed by atoms with Crippen molar-refractivity contribution < 1.29 is 0 Å². The van der Waals surface area contributed by atoms with Gasteiger partial charge in [-0.15, -0.1) is 0 Å². The van der Waals surface area contributed by atoms with Crippen LogP contribution in [0.25, 0.3) is 0 Å². The average molecular weight is 278 g/mol. The molecule has 0 aliphatic carbocycles. The molecule has 0 aliphatic rings. The normalized spacial score (nSPS) is 10.0. The quantitative estimate of drug-likeness (QED) is 0.767. The van der Waals surface area contributed by atoms with Gasteiger partial charge in [-0.1, -0.05) is 44.7 Å². The second kappa shape index (κ2) is 8.21. The van der Waals surface area contributed by atoms with Crippen molar-refractivity contribution in [3.63, 3.8) is 0 Å². The third kappa shape index (κ3) is 5.04. The van der Waals surface area contributed by atoms with Crippen molar-refractivity contribution in [2.24, 2.45) is 0 Å². The van der Waals surface area contributed by atoms with Crippen LogP contribution in [0.15, 0.2) is 36.7 Å². The second-order valence-electron chi connectivity index (χ2n) is 5.22. The second-order valence-corrected chi connectivity index (χ2v) is 5.22. The highest BCUT2D eigenvalue weighted by atomic mass is 14.8. The molecule has 0 amide bonds. The first-order valence-electron chi connectivity index (χ1n) is 7.73. The van der Waals surface area contributed by atoms with Crippen LogP contribution in [0.1, 0.15) is 55.6 Å². The number of aryl methyl sites for hydroxylation is 2. The lowest BCUT2D eigenvalue weighted by Gasteiger charge is -1.98. The fraction of sp³-hybridized carbons (Fsp3) is 0.368. The summed E-state index contributed by atoms with van der Waals surface area (Å²) in [4.78, 5) is 8.62. The van der Waals surface area contributed by atoms with Gasteiger partial charge in [0.05, 0.1) is 0 Å². The molecule has 0 aliphatic heterocycles. The topological polar surface area (TPSA) is 25.8 Å². The minimum Gasteiger partial charge on any atom is -0.229 e. The Morgan fingerprint density at radius 2 is 1.52 bits per heavy atom. The summed E-state index contributed by atoms with van der Waals surface area (Å²) in [5.41, 5.74) is 3.56. The molecule has 0 bridgehead atoms. The lowest BCUT2D eigenvalue weighted by Crippen LogP contribution is -1.92. The molecule has 2 nitrogen and oxygen atoms in total. The Bertz CT molecular complexity index is 601. The number of hydrogen-bond acceptors (Lipinski definition) is 2. The molecule has 0 unspecified atom stereocenters. The molecule has 21 heavy (non-hydrogen) atoms. The van der Waals surface area contributed by atoms with Crippen molar-refractivity contribution in [2.75, 3.05) is 0 Å². The molecule has 1 heterocycles. The van der Waals surface area contributed by atoms with E-state index < -0.39 is 0 Å². The Morgan fingerprint density at radius 1 is 0.810 bits per heavy atom. The third-order valence-electron chi connectivity index (χ3n) is 3.34. The van der Waals surface area contributed by atoms with Crippen LogP contribution in [0, 0.1) is 11.8 Å². The smallest absolute Gasteiger partial charge is 0.205 e. The summed E-state index contributed by atoms with van der Waals surface area (Å²) in [6.45, 7) is 4.38. The Balaban J connectivity index is 2.01. The molecule has 0 saturated carbocycles. The van der Waals surface area contributed by atoms with Crippen molar-refractivity contribution in [3.8, 4) is 11.8 Å². The van der Waals surface area contributed by atoms with E-state index in [1.54, 1.807) is 0 Å². The van der Waals surface area contributed by atoms with E-state index in [0.717, 1.165) is 18.4 Å². The first-order valence-corrected chi connectivity index (χ1v) is 7.73. The summed E-state index contributed by atoms with van der Waals surface area (Å²) in [5.74, 6) is 6.73. The van der Waals surface area contributed by atoms with Crippen LogP contribution in [0.3, 0.4) is 0 Å². The Morgan fingerprint density at radius 3 is 2.14 bits per heavy atom. The maximum atomic E-state index is 4.31. The summed E-state index contributed by atoms with van der Waals surface area (Å²) in [6, 6.07) is 8.41. The largest absolute Gasteiger partial charge is 0.229 e. The van der Waals surface area contributed by atoms with Crippen molar-refractivity contribution in [1.29, 1.82) is 0 Å². The van der Waals surface area contributed by atoms with E-state index in [1.165, 1.54) is 30.4 Å². The molecule has 0 atom stereocenters. The van der Waals surface area contributed by atoms with Gasteiger partial charge in [0.15, 0.2) is 0 Å². The van der Waals surface area contributed by atoms with Crippen LogP contribution in [0.4, 0.5) is 0 Å². The van der Waals surface area contributed by atoms with Crippen LogP contribution in [-0.4, -0.2) is 9.97 Å². The summed E-state index contributed by atoms with van der Waals surface area (Å²) in [6.07, 6.45) is 9.48. The van der Waals surface area contributed by atoms with Crippen molar-refractivity contribution >= 4 is 0 Å². The monoisotopic (exact) mass is 278 g/mol. The van der Waals surface area contributed by atoms with E-state index in [2.05, 4.69) is 59.9 Å². The molecule has 0 radical (unpaired) electrons. The Hall–Kier alpha value is -2.14. The van der Waals surface area contributed by atoms with E-state index in [4.69, 9.17) is 0 Å². The summed E-state index contributed by atoms with van der Waals surface area (Å²) in [5, 5.41) is 0. The van der Waals surface area contributed by atoms with Gasteiger partial charge in [-0.2, -0.15) is 0 Å². The Labute approximate surface area is 127 Å². The molecule has 2 rings (SSSR count). The van der Waals surface area contributed by atoms with Gasteiger partial charge in [-0.3, -0.25) is 0 Å². The molecule has 0 saturated heterocycles. The summed E-state index contributed by atoms with van der Waals surface area (Å²) in [7, 11) is 0.